The van der Waals surface area contributed by atoms with Gasteiger partial charge in [-0.2, -0.15) is 0 Å². The second kappa shape index (κ2) is 9.23. The summed E-state index contributed by atoms with van der Waals surface area (Å²) in [6.45, 7) is 7.82. The smallest absolute Gasteiger partial charge is 0.130 e. The highest BCUT2D eigenvalue weighted by Gasteiger charge is 2.10. The van der Waals surface area contributed by atoms with Gasteiger partial charge in [0.15, 0.2) is 0 Å². The number of amidine groups is 1. The van der Waals surface area contributed by atoms with E-state index in [-0.39, 0.29) is 13.2 Å². The summed E-state index contributed by atoms with van der Waals surface area (Å²) < 4.78 is 0. The number of aliphatic imine (C=N–C) groups is 1. The van der Waals surface area contributed by atoms with Crippen molar-refractivity contribution in [2.75, 3.05) is 51.8 Å². The largest absolute Gasteiger partial charge is 0.395 e. The zero-order valence-electron chi connectivity index (χ0n) is 13.8. The van der Waals surface area contributed by atoms with E-state index in [1.807, 2.05) is 43.1 Å². The van der Waals surface area contributed by atoms with Crippen LogP contribution in [-0.4, -0.2) is 67.9 Å². The van der Waals surface area contributed by atoms with Crippen LogP contribution in [-0.2, 0) is 0 Å². The van der Waals surface area contributed by atoms with Crippen LogP contribution in [0.3, 0.4) is 0 Å². The highest BCUT2D eigenvalue weighted by atomic mass is 16.3. The van der Waals surface area contributed by atoms with Gasteiger partial charge in [-0.25, -0.2) is 0 Å². The van der Waals surface area contributed by atoms with Crippen LogP contribution in [0.15, 0.2) is 41.4 Å². The number of hydrogen-bond donors (Lipinski definition) is 2. The van der Waals surface area contributed by atoms with Crippen LogP contribution in [0.5, 0.6) is 0 Å². The molecule has 0 saturated heterocycles. The van der Waals surface area contributed by atoms with Crippen molar-refractivity contribution in [1.29, 1.82) is 0 Å². The molecule has 22 heavy (non-hydrogen) atoms. The molecule has 122 valence electrons. The van der Waals surface area contributed by atoms with Gasteiger partial charge in [-0.05, 0) is 31.2 Å². The molecule has 1 aromatic carbocycles. The van der Waals surface area contributed by atoms with Crippen molar-refractivity contribution >= 4 is 11.5 Å². The summed E-state index contributed by atoms with van der Waals surface area (Å²) in [4.78, 5) is 8.38. The molecular weight excluding hydrogens is 278 g/mol. The maximum atomic E-state index is 9.10. The number of rotatable bonds is 8. The predicted octanol–water partition coefficient (Wildman–Crippen LogP) is 1.36. The van der Waals surface area contributed by atoms with Gasteiger partial charge in [0.2, 0.25) is 0 Å². The topological polar surface area (TPSA) is 59.3 Å². The molecule has 0 bridgehead atoms. The molecule has 0 aromatic heterocycles. The molecule has 0 radical (unpaired) electrons. The average Bonchev–Trinajstić information content (AvgIpc) is 2.48. The predicted molar refractivity (Wildman–Crippen MR) is 92.7 cm³/mol. The summed E-state index contributed by atoms with van der Waals surface area (Å²) in [5, 5.41) is 18.2. The fourth-order valence-electron chi connectivity index (χ4n) is 2.43. The minimum absolute atomic E-state index is 0.0603. The molecule has 5 nitrogen and oxygen atoms in total. The lowest BCUT2D eigenvalue weighted by molar-refractivity contribution is 0.281. The molecular formula is C17H27N3O2. The van der Waals surface area contributed by atoms with E-state index in [9.17, 15) is 0 Å². The Morgan fingerprint density at radius 3 is 2.09 bits per heavy atom. The van der Waals surface area contributed by atoms with Gasteiger partial charge in [-0.1, -0.05) is 12.2 Å². The molecule has 0 fully saturated rings. The van der Waals surface area contributed by atoms with Crippen molar-refractivity contribution in [3.05, 3.63) is 42.0 Å². The Bertz CT molecular complexity index is 491. The molecule has 1 aromatic rings. The van der Waals surface area contributed by atoms with E-state index in [2.05, 4.69) is 16.5 Å². The first kappa shape index (κ1) is 18.2. The number of aliphatic hydroxyl groups excluding tert-OH is 2. The fraction of sp³-hybridized carbons (Fsp3) is 0.471. The van der Waals surface area contributed by atoms with Gasteiger partial charge >= 0.3 is 0 Å². The minimum Gasteiger partial charge on any atom is -0.395 e. The first-order valence-corrected chi connectivity index (χ1v) is 7.42. The number of anilines is 1. The van der Waals surface area contributed by atoms with Crippen LogP contribution in [0.25, 0.3) is 0 Å². The summed E-state index contributed by atoms with van der Waals surface area (Å²) >= 11 is 0. The first-order valence-electron chi connectivity index (χ1n) is 7.42. The van der Waals surface area contributed by atoms with E-state index < -0.39 is 0 Å². The Balaban J connectivity index is 2.92. The molecule has 0 atom stereocenters. The highest BCUT2D eigenvalue weighted by molar-refractivity contribution is 5.99. The van der Waals surface area contributed by atoms with Crippen molar-refractivity contribution in [3.63, 3.8) is 0 Å². The molecule has 2 N–H and O–H groups in total. The van der Waals surface area contributed by atoms with Crippen LogP contribution in [0.1, 0.15) is 12.5 Å². The molecule has 0 heterocycles. The molecule has 0 amide bonds. The van der Waals surface area contributed by atoms with Gasteiger partial charge < -0.3 is 20.0 Å². The average molecular weight is 305 g/mol. The second-order valence-corrected chi connectivity index (χ2v) is 5.34. The van der Waals surface area contributed by atoms with Crippen LogP contribution in [0.4, 0.5) is 5.69 Å². The third kappa shape index (κ3) is 5.16. The first-order chi connectivity index (χ1) is 10.5. The minimum atomic E-state index is 0.0603. The Hall–Kier alpha value is -1.85. The maximum absolute atomic E-state index is 9.10. The third-order valence-corrected chi connectivity index (χ3v) is 3.31. The van der Waals surface area contributed by atoms with E-state index >= 15 is 0 Å². The van der Waals surface area contributed by atoms with Gasteiger partial charge in [-0.15, -0.1) is 0 Å². The number of likely N-dealkylation sites (N-methyl/N-ethyl adjacent to an activating group) is 1. The molecule has 0 aliphatic rings. The molecule has 5 heteroatoms. The van der Waals surface area contributed by atoms with Gasteiger partial charge in [0.25, 0.3) is 0 Å². The third-order valence-electron chi connectivity index (χ3n) is 3.31. The van der Waals surface area contributed by atoms with Crippen LogP contribution in [0, 0.1) is 0 Å². The van der Waals surface area contributed by atoms with Crippen molar-refractivity contribution in [2.24, 2.45) is 4.99 Å². The number of aliphatic hydroxyl groups is 2. The summed E-state index contributed by atoms with van der Waals surface area (Å²) in [6.07, 6.45) is 0. The van der Waals surface area contributed by atoms with Gasteiger partial charge in [-0.3, -0.25) is 4.99 Å². The summed E-state index contributed by atoms with van der Waals surface area (Å²) in [6, 6.07) is 7.99. The van der Waals surface area contributed by atoms with E-state index in [0.717, 1.165) is 29.2 Å². The monoisotopic (exact) mass is 305 g/mol. The Labute approximate surface area is 133 Å². The molecule has 0 saturated carbocycles. The summed E-state index contributed by atoms with van der Waals surface area (Å²) in [5.74, 6) is 0.908. The number of hydrogen-bond acceptors (Lipinski definition) is 4. The van der Waals surface area contributed by atoms with Crippen molar-refractivity contribution in [3.8, 4) is 0 Å². The van der Waals surface area contributed by atoms with Crippen LogP contribution in [0.2, 0.25) is 0 Å². The molecule has 0 spiro atoms. The van der Waals surface area contributed by atoms with E-state index in [4.69, 9.17) is 10.2 Å². The quantitative estimate of drug-likeness (QED) is 0.432. The molecule has 0 unspecified atom stereocenters. The molecule has 0 aliphatic carbocycles. The lowest BCUT2D eigenvalue weighted by Gasteiger charge is -2.24. The second-order valence-electron chi connectivity index (χ2n) is 5.34. The molecule has 0 aliphatic heterocycles. The van der Waals surface area contributed by atoms with E-state index in [0.29, 0.717) is 13.1 Å². The molecule has 1 rings (SSSR count). The van der Waals surface area contributed by atoms with Gasteiger partial charge in [0, 0.05) is 45.0 Å². The number of nitrogens with zero attached hydrogens (tertiary/aromatic N) is 3. The van der Waals surface area contributed by atoms with Crippen LogP contribution < -0.4 is 4.90 Å². The van der Waals surface area contributed by atoms with Crippen molar-refractivity contribution in [2.45, 2.75) is 6.92 Å². The zero-order valence-corrected chi connectivity index (χ0v) is 13.8. The lowest BCUT2D eigenvalue weighted by atomic mass is 10.1. The normalized spacial score (nSPS) is 11.4. The standard InChI is InChI=1S/C17H27N3O2/c1-14(2)13-19(4)17(18-3)15-5-7-16(8-6-15)20(9-11-21)10-12-22/h5-8,21-22H,1,9-13H2,2-4H3. The van der Waals surface area contributed by atoms with Gasteiger partial charge in [0.1, 0.15) is 5.84 Å². The SMILES string of the molecule is C=C(C)CN(C)C(=NC)c1ccc(N(CCO)CCO)cc1. The summed E-state index contributed by atoms with van der Waals surface area (Å²) in [5.41, 5.74) is 3.09. The summed E-state index contributed by atoms with van der Waals surface area (Å²) in [7, 11) is 3.77. The van der Waals surface area contributed by atoms with Crippen molar-refractivity contribution in [1.82, 2.24) is 4.90 Å². The zero-order chi connectivity index (χ0) is 16.5. The maximum Gasteiger partial charge on any atom is 0.130 e. The van der Waals surface area contributed by atoms with Crippen LogP contribution >= 0.6 is 0 Å². The Kier molecular flexibility index (Phi) is 7.63. The van der Waals surface area contributed by atoms with Gasteiger partial charge in [0.05, 0.1) is 13.2 Å². The van der Waals surface area contributed by atoms with E-state index in [1.165, 1.54) is 0 Å². The van der Waals surface area contributed by atoms with Crippen molar-refractivity contribution < 1.29 is 10.2 Å². The van der Waals surface area contributed by atoms with E-state index in [1.54, 1.807) is 7.05 Å². The fourth-order valence-corrected chi connectivity index (χ4v) is 2.43. The lowest BCUT2D eigenvalue weighted by Crippen LogP contribution is -2.30. The highest BCUT2D eigenvalue weighted by Crippen LogP contribution is 2.16. The number of benzene rings is 1. The Morgan fingerprint density at radius 2 is 1.68 bits per heavy atom. The Morgan fingerprint density at radius 1 is 1.14 bits per heavy atom.